The molecule has 102 valence electrons. The monoisotopic (exact) mass is 259 g/mol. The van der Waals surface area contributed by atoms with Crippen molar-refractivity contribution in [3.05, 3.63) is 47.0 Å². The molecule has 1 heterocycles. The van der Waals surface area contributed by atoms with E-state index in [4.69, 9.17) is 5.84 Å². The van der Waals surface area contributed by atoms with Gasteiger partial charge in [-0.3, -0.25) is 5.84 Å². The molecule has 2 aromatic rings. The van der Waals surface area contributed by atoms with Gasteiger partial charge in [-0.25, -0.2) is 15.1 Å². The second-order valence-corrected chi connectivity index (χ2v) is 4.85. The Hall–Kier alpha value is -1.72. The van der Waals surface area contributed by atoms with Gasteiger partial charge in [-0.15, -0.1) is 0 Å². The third-order valence-electron chi connectivity index (χ3n) is 3.18. The Bertz CT molecular complexity index is 526. The smallest absolute Gasteiger partial charge is 0.145 e. The summed E-state index contributed by atoms with van der Waals surface area (Å²) in [7, 11) is 0. The van der Waals surface area contributed by atoms with Crippen molar-refractivity contribution in [2.75, 3.05) is 0 Å². The first-order valence-corrected chi connectivity index (χ1v) is 6.55. The van der Waals surface area contributed by atoms with Crippen LogP contribution in [0.1, 0.15) is 35.5 Å². The number of benzene rings is 1. The largest absolute Gasteiger partial charge is 0.271 e. The van der Waals surface area contributed by atoms with E-state index in [2.05, 4.69) is 47.6 Å². The summed E-state index contributed by atoms with van der Waals surface area (Å²) in [5, 5.41) is 4.19. The zero-order valence-electron chi connectivity index (χ0n) is 11.7. The molecule has 0 saturated carbocycles. The van der Waals surface area contributed by atoms with Crippen molar-refractivity contribution in [3.8, 4) is 0 Å². The molecule has 3 N–H and O–H groups in total. The van der Waals surface area contributed by atoms with Crippen LogP contribution in [0.15, 0.2) is 24.5 Å². The molecule has 0 bridgehead atoms. The predicted octanol–water partition coefficient (Wildman–Crippen LogP) is 1.66. The van der Waals surface area contributed by atoms with Crippen molar-refractivity contribution >= 4 is 0 Å². The summed E-state index contributed by atoms with van der Waals surface area (Å²) in [6.45, 7) is 7.05. The number of nitrogens with two attached hydrogens (primary N) is 1. The molecular formula is C14H21N5. The van der Waals surface area contributed by atoms with Crippen LogP contribution in [-0.2, 0) is 13.0 Å². The molecule has 5 heteroatoms. The van der Waals surface area contributed by atoms with Crippen LogP contribution in [-0.4, -0.2) is 14.8 Å². The Morgan fingerprint density at radius 2 is 1.95 bits per heavy atom. The third-order valence-corrected chi connectivity index (χ3v) is 3.18. The van der Waals surface area contributed by atoms with E-state index in [-0.39, 0.29) is 6.04 Å². The third kappa shape index (κ3) is 3.19. The minimum Gasteiger partial charge on any atom is -0.271 e. The van der Waals surface area contributed by atoms with E-state index >= 15 is 0 Å². The van der Waals surface area contributed by atoms with Crippen molar-refractivity contribution in [2.45, 2.75) is 39.8 Å². The molecule has 0 amide bonds. The van der Waals surface area contributed by atoms with Crippen molar-refractivity contribution in [1.29, 1.82) is 0 Å². The fraction of sp³-hybridized carbons (Fsp3) is 0.429. The highest BCUT2D eigenvalue weighted by molar-refractivity contribution is 5.29. The van der Waals surface area contributed by atoms with E-state index < -0.39 is 0 Å². The van der Waals surface area contributed by atoms with E-state index in [1.807, 2.05) is 11.6 Å². The lowest BCUT2D eigenvalue weighted by atomic mass is 10.0. The number of aryl methyl sites for hydroxylation is 3. The summed E-state index contributed by atoms with van der Waals surface area (Å²) in [5.74, 6) is 6.56. The Morgan fingerprint density at radius 1 is 1.26 bits per heavy atom. The Morgan fingerprint density at radius 3 is 2.53 bits per heavy atom. The zero-order chi connectivity index (χ0) is 13.8. The fourth-order valence-electron chi connectivity index (χ4n) is 2.43. The number of hydrazine groups is 1. The lowest BCUT2D eigenvalue weighted by Crippen LogP contribution is -2.32. The molecule has 1 unspecified atom stereocenters. The molecule has 1 aromatic carbocycles. The van der Waals surface area contributed by atoms with Gasteiger partial charge in [0.05, 0.1) is 6.04 Å². The minimum absolute atomic E-state index is 0.0244. The standard InChI is InChI=1S/C14H21N5/c1-4-19-14(16-9-17-19)13(18-15)8-12-6-10(2)5-11(3)7-12/h5-7,9,13,18H,4,8,15H2,1-3H3. The Labute approximate surface area is 113 Å². The summed E-state index contributed by atoms with van der Waals surface area (Å²) in [4.78, 5) is 4.31. The molecule has 0 aliphatic heterocycles. The summed E-state index contributed by atoms with van der Waals surface area (Å²) in [6.07, 6.45) is 2.38. The topological polar surface area (TPSA) is 68.8 Å². The first-order valence-electron chi connectivity index (χ1n) is 6.55. The van der Waals surface area contributed by atoms with E-state index in [1.54, 1.807) is 6.33 Å². The van der Waals surface area contributed by atoms with Crippen molar-refractivity contribution in [2.24, 2.45) is 5.84 Å². The highest BCUT2D eigenvalue weighted by Crippen LogP contribution is 2.18. The molecule has 1 aromatic heterocycles. The zero-order valence-corrected chi connectivity index (χ0v) is 11.7. The molecule has 0 aliphatic carbocycles. The maximum atomic E-state index is 5.68. The highest BCUT2D eigenvalue weighted by Gasteiger charge is 2.16. The molecule has 2 rings (SSSR count). The number of hydrogen-bond acceptors (Lipinski definition) is 4. The van der Waals surface area contributed by atoms with Crippen LogP contribution in [0.3, 0.4) is 0 Å². The molecule has 0 spiro atoms. The molecule has 0 aliphatic rings. The summed E-state index contributed by atoms with van der Waals surface area (Å²) in [5.41, 5.74) is 6.63. The van der Waals surface area contributed by atoms with Crippen LogP contribution in [0.5, 0.6) is 0 Å². The molecule has 0 saturated heterocycles. The number of hydrogen-bond donors (Lipinski definition) is 2. The van der Waals surface area contributed by atoms with E-state index in [0.717, 1.165) is 18.8 Å². The lowest BCUT2D eigenvalue weighted by Gasteiger charge is -2.16. The average molecular weight is 259 g/mol. The lowest BCUT2D eigenvalue weighted by molar-refractivity contribution is 0.479. The van der Waals surface area contributed by atoms with Gasteiger partial charge in [0.1, 0.15) is 12.2 Å². The number of nitrogens with zero attached hydrogens (tertiary/aromatic N) is 3. The predicted molar refractivity (Wildman–Crippen MR) is 75.4 cm³/mol. The number of nitrogens with one attached hydrogen (secondary N) is 1. The first-order chi connectivity index (χ1) is 9.13. The van der Waals surface area contributed by atoms with Crippen molar-refractivity contribution in [1.82, 2.24) is 20.2 Å². The second kappa shape index (κ2) is 5.95. The van der Waals surface area contributed by atoms with E-state index in [1.165, 1.54) is 16.7 Å². The van der Waals surface area contributed by atoms with Crippen LogP contribution >= 0.6 is 0 Å². The minimum atomic E-state index is -0.0244. The van der Waals surface area contributed by atoms with Gasteiger partial charge in [-0.05, 0) is 32.8 Å². The molecule has 5 nitrogen and oxygen atoms in total. The van der Waals surface area contributed by atoms with E-state index in [9.17, 15) is 0 Å². The van der Waals surface area contributed by atoms with Crippen LogP contribution in [0.4, 0.5) is 0 Å². The maximum absolute atomic E-state index is 5.68. The SMILES string of the molecule is CCn1ncnc1C(Cc1cc(C)cc(C)c1)NN. The van der Waals surface area contributed by atoms with Crippen LogP contribution < -0.4 is 11.3 Å². The summed E-state index contributed by atoms with van der Waals surface area (Å²) in [6, 6.07) is 6.51. The van der Waals surface area contributed by atoms with Crippen molar-refractivity contribution in [3.63, 3.8) is 0 Å². The highest BCUT2D eigenvalue weighted by atomic mass is 15.4. The van der Waals surface area contributed by atoms with Gasteiger partial charge < -0.3 is 0 Å². The van der Waals surface area contributed by atoms with Crippen LogP contribution in [0, 0.1) is 13.8 Å². The molecule has 0 fully saturated rings. The quantitative estimate of drug-likeness (QED) is 0.633. The van der Waals surface area contributed by atoms with Crippen LogP contribution in [0.25, 0.3) is 0 Å². The first kappa shape index (κ1) is 13.7. The van der Waals surface area contributed by atoms with Gasteiger partial charge in [-0.1, -0.05) is 29.3 Å². The van der Waals surface area contributed by atoms with Gasteiger partial charge >= 0.3 is 0 Å². The number of aromatic nitrogens is 3. The number of rotatable bonds is 5. The molecular weight excluding hydrogens is 238 g/mol. The Balaban J connectivity index is 2.24. The van der Waals surface area contributed by atoms with Gasteiger partial charge in [0.2, 0.25) is 0 Å². The summed E-state index contributed by atoms with van der Waals surface area (Å²) < 4.78 is 1.87. The van der Waals surface area contributed by atoms with Crippen molar-refractivity contribution < 1.29 is 0 Å². The second-order valence-electron chi connectivity index (χ2n) is 4.85. The van der Waals surface area contributed by atoms with Crippen LogP contribution in [0.2, 0.25) is 0 Å². The Kier molecular flexibility index (Phi) is 4.29. The molecule has 19 heavy (non-hydrogen) atoms. The maximum Gasteiger partial charge on any atom is 0.145 e. The molecule has 0 radical (unpaired) electrons. The fourth-order valence-corrected chi connectivity index (χ4v) is 2.43. The average Bonchev–Trinajstić information content (AvgIpc) is 2.82. The normalized spacial score (nSPS) is 12.6. The van der Waals surface area contributed by atoms with Gasteiger partial charge in [0.25, 0.3) is 0 Å². The van der Waals surface area contributed by atoms with Gasteiger partial charge in [-0.2, -0.15) is 5.10 Å². The molecule has 1 atom stereocenters. The van der Waals surface area contributed by atoms with Gasteiger partial charge in [0.15, 0.2) is 0 Å². The summed E-state index contributed by atoms with van der Waals surface area (Å²) >= 11 is 0. The van der Waals surface area contributed by atoms with Gasteiger partial charge in [0, 0.05) is 6.54 Å². The van der Waals surface area contributed by atoms with E-state index in [0.29, 0.717) is 0 Å².